The lowest BCUT2D eigenvalue weighted by Crippen LogP contribution is -2.19. The molecule has 0 bridgehead atoms. The number of aromatic nitrogens is 1. The van der Waals surface area contributed by atoms with Gasteiger partial charge in [0.25, 0.3) is 0 Å². The van der Waals surface area contributed by atoms with Gasteiger partial charge in [-0.1, -0.05) is 6.92 Å². The normalized spacial score (nSPS) is 11.7. The van der Waals surface area contributed by atoms with Crippen molar-refractivity contribution in [3.8, 4) is 0 Å². The lowest BCUT2D eigenvalue weighted by Gasteiger charge is -2.11. The van der Waals surface area contributed by atoms with Crippen molar-refractivity contribution in [1.82, 2.24) is 10.3 Å². The first-order valence-electron chi connectivity index (χ1n) is 4.77. The molecular weight excluding hydrogens is 205 g/mol. The topological polar surface area (TPSA) is 24.9 Å². The summed E-state index contributed by atoms with van der Waals surface area (Å²) in [5.41, 5.74) is -0.605. The molecule has 1 aromatic heterocycles. The predicted molar refractivity (Wildman–Crippen MR) is 51.2 cm³/mol. The highest BCUT2D eigenvalue weighted by Crippen LogP contribution is 2.30. The average Bonchev–Trinajstić information content (AvgIpc) is 2.17. The maximum absolute atomic E-state index is 12.5. The summed E-state index contributed by atoms with van der Waals surface area (Å²) < 4.78 is 37.5. The minimum atomic E-state index is -4.32. The van der Waals surface area contributed by atoms with Gasteiger partial charge in [-0.2, -0.15) is 13.2 Å². The van der Waals surface area contributed by atoms with E-state index in [1.807, 2.05) is 6.92 Å². The van der Waals surface area contributed by atoms with Gasteiger partial charge < -0.3 is 5.32 Å². The summed E-state index contributed by atoms with van der Waals surface area (Å²) in [7, 11) is 0. The van der Waals surface area contributed by atoms with Crippen LogP contribution in [0.3, 0.4) is 0 Å². The van der Waals surface area contributed by atoms with E-state index in [0.717, 1.165) is 12.5 Å². The Hall–Kier alpha value is -1.10. The maximum atomic E-state index is 12.5. The molecule has 0 aliphatic carbocycles. The molecule has 84 valence electrons. The van der Waals surface area contributed by atoms with Crippen LogP contribution in [0.4, 0.5) is 13.2 Å². The summed E-state index contributed by atoms with van der Waals surface area (Å²) in [5.74, 6) is 0. The summed E-state index contributed by atoms with van der Waals surface area (Å²) in [6, 6.07) is 2.35. The Morgan fingerprint density at radius 3 is 2.73 bits per heavy atom. The number of hydrogen-bond donors (Lipinski definition) is 1. The van der Waals surface area contributed by atoms with Gasteiger partial charge in [0.05, 0.1) is 11.3 Å². The van der Waals surface area contributed by atoms with Gasteiger partial charge in [-0.15, -0.1) is 0 Å². The van der Waals surface area contributed by atoms with Gasteiger partial charge in [-0.05, 0) is 25.1 Å². The summed E-state index contributed by atoms with van der Waals surface area (Å²) in [4.78, 5) is 3.73. The summed E-state index contributed by atoms with van der Waals surface area (Å²) in [6.07, 6.45) is -2.07. The van der Waals surface area contributed by atoms with E-state index in [1.54, 1.807) is 0 Å². The molecule has 0 spiro atoms. The van der Waals surface area contributed by atoms with Crippen LogP contribution in [-0.2, 0) is 12.7 Å². The number of rotatable bonds is 4. The number of hydrogen-bond acceptors (Lipinski definition) is 2. The summed E-state index contributed by atoms with van der Waals surface area (Å²) in [6.45, 7) is 2.80. The van der Waals surface area contributed by atoms with E-state index in [4.69, 9.17) is 0 Å². The van der Waals surface area contributed by atoms with Crippen molar-refractivity contribution in [3.63, 3.8) is 0 Å². The van der Waals surface area contributed by atoms with Gasteiger partial charge in [-0.25, -0.2) is 0 Å². The highest BCUT2D eigenvalue weighted by atomic mass is 19.4. The van der Waals surface area contributed by atoms with Crippen molar-refractivity contribution in [1.29, 1.82) is 0 Å². The van der Waals surface area contributed by atoms with Crippen molar-refractivity contribution in [2.45, 2.75) is 26.1 Å². The van der Waals surface area contributed by atoms with Crippen LogP contribution in [0, 0.1) is 0 Å². The molecule has 15 heavy (non-hydrogen) atoms. The van der Waals surface area contributed by atoms with Crippen molar-refractivity contribution in [2.75, 3.05) is 6.54 Å². The lowest BCUT2D eigenvalue weighted by molar-refractivity contribution is -0.138. The van der Waals surface area contributed by atoms with Gasteiger partial charge in [-0.3, -0.25) is 4.98 Å². The Balaban J connectivity index is 2.78. The molecule has 1 rings (SSSR count). The molecule has 1 heterocycles. The van der Waals surface area contributed by atoms with Crippen LogP contribution < -0.4 is 5.32 Å². The Bertz CT molecular complexity index is 310. The molecule has 0 unspecified atom stereocenters. The van der Waals surface area contributed by atoms with Crippen LogP contribution in [0.15, 0.2) is 18.3 Å². The highest BCUT2D eigenvalue weighted by molar-refractivity contribution is 5.22. The number of nitrogens with one attached hydrogen (secondary N) is 1. The molecule has 2 nitrogen and oxygen atoms in total. The van der Waals surface area contributed by atoms with Crippen LogP contribution in [0.2, 0.25) is 0 Å². The van der Waals surface area contributed by atoms with E-state index >= 15 is 0 Å². The van der Waals surface area contributed by atoms with Gasteiger partial charge in [0.15, 0.2) is 0 Å². The predicted octanol–water partition coefficient (Wildman–Crippen LogP) is 2.60. The SMILES string of the molecule is CCCNCc1ncccc1C(F)(F)F. The zero-order valence-corrected chi connectivity index (χ0v) is 8.43. The molecule has 1 N–H and O–H groups in total. The molecule has 0 saturated heterocycles. The fraction of sp³-hybridized carbons (Fsp3) is 0.500. The van der Waals surface area contributed by atoms with Crippen molar-refractivity contribution < 1.29 is 13.2 Å². The molecule has 5 heteroatoms. The van der Waals surface area contributed by atoms with Crippen LogP contribution >= 0.6 is 0 Å². The third-order valence-corrected chi connectivity index (χ3v) is 1.91. The monoisotopic (exact) mass is 218 g/mol. The number of halogens is 3. The third kappa shape index (κ3) is 3.51. The molecule has 0 radical (unpaired) electrons. The molecule has 0 aliphatic rings. The van der Waals surface area contributed by atoms with Crippen LogP contribution in [0.5, 0.6) is 0 Å². The number of pyridine rings is 1. The molecule has 0 fully saturated rings. The minimum absolute atomic E-state index is 0.0541. The first kappa shape index (κ1) is 12.0. The fourth-order valence-corrected chi connectivity index (χ4v) is 1.22. The third-order valence-electron chi connectivity index (χ3n) is 1.91. The van der Waals surface area contributed by atoms with Crippen molar-refractivity contribution >= 4 is 0 Å². The lowest BCUT2D eigenvalue weighted by atomic mass is 10.2. The van der Waals surface area contributed by atoms with Gasteiger partial charge >= 0.3 is 6.18 Å². The van der Waals surface area contributed by atoms with Gasteiger partial charge in [0.2, 0.25) is 0 Å². The van der Waals surface area contributed by atoms with E-state index in [1.165, 1.54) is 12.3 Å². The fourth-order valence-electron chi connectivity index (χ4n) is 1.22. The summed E-state index contributed by atoms with van der Waals surface area (Å²) >= 11 is 0. The Morgan fingerprint density at radius 1 is 1.40 bits per heavy atom. The largest absolute Gasteiger partial charge is 0.418 e. The molecular formula is C10H13F3N2. The van der Waals surface area contributed by atoms with E-state index in [-0.39, 0.29) is 12.2 Å². The number of nitrogens with zero attached hydrogens (tertiary/aromatic N) is 1. The van der Waals surface area contributed by atoms with Crippen LogP contribution in [0.25, 0.3) is 0 Å². The smallest absolute Gasteiger partial charge is 0.311 e. The Kier molecular flexibility index (Phi) is 4.08. The van der Waals surface area contributed by atoms with Crippen LogP contribution in [-0.4, -0.2) is 11.5 Å². The zero-order valence-electron chi connectivity index (χ0n) is 8.43. The number of alkyl halides is 3. The first-order valence-corrected chi connectivity index (χ1v) is 4.77. The maximum Gasteiger partial charge on any atom is 0.418 e. The van der Waals surface area contributed by atoms with E-state index in [0.29, 0.717) is 6.54 Å². The second kappa shape index (κ2) is 5.11. The van der Waals surface area contributed by atoms with Gasteiger partial charge in [0, 0.05) is 12.7 Å². The highest BCUT2D eigenvalue weighted by Gasteiger charge is 2.33. The van der Waals surface area contributed by atoms with E-state index < -0.39 is 11.7 Å². The van der Waals surface area contributed by atoms with E-state index in [2.05, 4.69) is 10.3 Å². The Morgan fingerprint density at radius 2 is 2.13 bits per heavy atom. The molecule has 1 aromatic rings. The average molecular weight is 218 g/mol. The van der Waals surface area contributed by atoms with Crippen LogP contribution in [0.1, 0.15) is 24.6 Å². The second-order valence-corrected chi connectivity index (χ2v) is 3.17. The van der Waals surface area contributed by atoms with Crippen molar-refractivity contribution in [3.05, 3.63) is 29.6 Å². The zero-order chi connectivity index (χ0) is 11.3. The second-order valence-electron chi connectivity index (χ2n) is 3.17. The molecule has 0 saturated carbocycles. The van der Waals surface area contributed by atoms with E-state index in [9.17, 15) is 13.2 Å². The Labute approximate surface area is 86.5 Å². The minimum Gasteiger partial charge on any atom is -0.311 e. The quantitative estimate of drug-likeness (QED) is 0.786. The molecule has 0 aromatic carbocycles. The standard InChI is InChI=1S/C10H13F3N2/c1-2-5-14-7-9-8(10(11,12)13)4-3-6-15-9/h3-4,6,14H,2,5,7H2,1H3. The van der Waals surface area contributed by atoms with Crippen molar-refractivity contribution in [2.24, 2.45) is 0 Å². The molecule has 0 aliphatic heterocycles. The first-order chi connectivity index (χ1) is 7.05. The molecule has 0 atom stereocenters. The van der Waals surface area contributed by atoms with Gasteiger partial charge in [0.1, 0.15) is 0 Å². The summed E-state index contributed by atoms with van der Waals surface area (Å²) in [5, 5.41) is 2.90. The molecule has 0 amide bonds.